The molecule has 3 rings (SSSR count). The average Bonchev–Trinajstić information content (AvgIpc) is 3.13. The van der Waals surface area contributed by atoms with E-state index in [0.717, 1.165) is 38.4 Å². The molecule has 1 N–H and O–H groups in total. The number of carbonyl (C=O) groups excluding carboxylic acids is 2. The van der Waals surface area contributed by atoms with Crippen molar-refractivity contribution in [3.8, 4) is 0 Å². The molecule has 2 fully saturated rings. The lowest BCUT2D eigenvalue weighted by molar-refractivity contribution is -0.125. The van der Waals surface area contributed by atoms with Crippen LogP contribution >= 0.6 is 23.4 Å². The van der Waals surface area contributed by atoms with Gasteiger partial charge in [-0.2, -0.15) is 0 Å². The summed E-state index contributed by atoms with van der Waals surface area (Å²) in [7, 11) is 0. The fraction of sp³-hybridized carbons (Fsp3) is 0.619. The number of nitrogens with one attached hydrogen (secondary N) is 1. The number of hydrogen-bond donors (Lipinski definition) is 1. The second-order valence-corrected chi connectivity index (χ2v) is 9.94. The van der Waals surface area contributed by atoms with E-state index in [0.29, 0.717) is 17.3 Å². The first-order valence-electron chi connectivity index (χ1n) is 10.2. The van der Waals surface area contributed by atoms with Gasteiger partial charge in [-0.1, -0.05) is 23.7 Å². The SMILES string of the molecule is CC(C)(C)OC(=O)N1C(C(=O)NCCN2CCOCC2)CSC1c1ccc(Cl)cc1. The van der Waals surface area contributed by atoms with E-state index in [1.807, 2.05) is 32.9 Å². The molecular weight excluding hydrogens is 426 g/mol. The molecule has 2 aliphatic rings. The van der Waals surface area contributed by atoms with Crippen molar-refractivity contribution in [1.29, 1.82) is 0 Å². The molecule has 0 aliphatic carbocycles. The zero-order valence-corrected chi connectivity index (χ0v) is 19.3. The lowest BCUT2D eigenvalue weighted by Crippen LogP contribution is -2.50. The number of nitrogens with zero attached hydrogens (tertiary/aromatic N) is 2. The first-order valence-corrected chi connectivity index (χ1v) is 11.6. The maximum absolute atomic E-state index is 13.0. The Bertz CT molecular complexity index is 735. The van der Waals surface area contributed by atoms with Gasteiger partial charge < -0.3 is 14.8 Å². The molecular formula is C21H30ClN3O4S. The minimum Gasteiger partial charge on any atom is -0.444 e. The van der Waals surface area contributed by atoms with Gasteiger partial charge in [0.1, 0.15) is 17.0 Å². The van der Waals surface area contributed by atoms with Crippen molar-refractivity contribution >= 4 is 35.4 Å². The van der Waals surface area contributed by atoms with E-state index >= 15 is 0 Å². The molecule has 2 atom stereocenters. The predicted molar refractivity (Wildman–Crippen MR) is 119 cm³/mol. The summed E-state index contributed by atoms with van der Waals surface area (Å²) in [5.74, 6) is 0.355. The number of hydrogen-bond acceptors (Lipinski definition) is 6. The molecule has 0 radical (unpaired) electrons. The van der Waals surface area contributed by atoms with Crippen LogP contribution in [-0.2, 0) is 14.3 Å². The highest BCUT2D eigenvalue weighted by molar-refractivity contribution is 7.99. The molecule has 9 heteroatoms. The van der Waals surface area contributed by atoms with Crippen LogP contribution in [0.25, 0.3) is 0 Å². The topological polar surface area (TPSA) is 71.1 Å². The zero-order valence-electron chi connectivity index (χ0n) is 17.7. The Hall–Kier alpha value is -1.48. The van der Waals surface area contributed by atoms with E-state index in [2.05, 4.69) is 10.2 Å². The summed E-state index contributed by atoms with van der Waals surface area (Å²) >= 11 is 7.57. The summed E-state index contributed by atoms with van der Waals surface area (Å²) < 4.78 is 11.0. The van der Waals surface area contributed by atoms with Crippen molar-refractivity contribution < 1.29 is 19.1 Å². The number of rotatable bonds is 5. The van der Waals surface area contributed by atoms with E-state index in [-0.39, 0.29) is 11.3 Å². The van der Waals surface area contributed by atoms with Crippen molar-refractivity contribution in [2.24, 2.45) is 0 Å². The molecule has 166 valence electrons. The average molecular weight is 456 g/mol. The normalized spacial score (nSPS) is 22.7. The second kappa shape index (κ2) is 10.2. The second-order valence-electron chi connectivity index (χ2n) is 8.39. The summed E-state index contributed by atoms with van der Waals surface area (Å²) in [6.45, 7) is 9.96. The van der Waals surface area contributed by atoms with Gasteiger partial charge in [0.2, 0.25) is 5.91 Å². The van der Waals surface area contributed by atoms with Crippen LogP contribution in [0.15, 0.2) is 24.3 Å². The van der Waals surface area contributed by atoms with Crippen molar-refractivity contribution in [2.75, 3.05) is 45.1 Å². The number of thioether (sulfide) groups is 1. The number of morpholine rings is 1. The van der Waals surface area contributed by atoms with Crippen molar-refractivity contribution in [1.82, 2.24) is 15.1 Å². The molecule has 7 nitrogen and oxygen atoms in total. The van der Waals surface area contributed by atoms with Gasteiger partial charge in [0.05, 0.1) is 13.2 Å². The number of benzene rings is 1. The fourth-order valence-corrected chi connectivity index (χ4v) is 4.96. The minimum absolute atomic E-state index is 0.155. The summed E-state index contributed by atoms with van der Waals surface area (Å²) in [5, 5.41) is 3.32. The Labute approximate surface area is 187 Å². The number of ether oxygens (including phenoxy) is 2. The van der Waals surface area contributed by atoms with E-state index in [1.54, 1.807) is 28.8 Å². The van der Waals surface area contributed by atoms with Gasteiger partial charge in [0.15, 0.2) is 0 Å². The third-order valence-corrected chi connectivity index (χ3v) is 6.47. The van der Waals surface area contributed by atoms with E-state index < -0.39 is 17.7 Å². The monoisotopic (exact) mass is 455 g/mol. The van der Waals surface area contributed by atoms with E-state index in [9.17, 15) is 9.59 Å². The smallest absolute Gasteiger partial charge is 0.412 e. The first kappa shape index (κ1) is 23.2. The highest BCUT2D eigenvalue weighted by Gasteiger charge is 2.44. The van der Waals surface area contributed by atoms with Crippen LogP contribution in [0.3, 0.4) is 0 Å². The van der Waals surface area contributed by atoms with E-state index in [4.69, 9.17) is 21.1 Å². The Morgan fingerprint density at radius 2 is 1.90 bits per heavy atom. The van der Waals surface area contributed by atoms with Crippen LogP contribution in [0.1, 0.15) is 31.7 Å². The molecule has 1 aromatic rings. The molecule has 2 aliphatic heterocycles. The Kier molecular flexibility index (Phi) is 7.90. The van der Waals surface area contributed by atoms with Gasteiger partial charge in [0.25, 0.3) is 0 Å². The Balaban J connectivity index is 1.68. The quantitative estimate of drug-likeness (QED) is 0.735. The summed E-state index contributed by atoms with van der Waals surface area (Å²) in [6, 6.07) is 6.77. The van der Waals surface area contributed by atoms with Crippen molar-refractivity contribution in [3.63, 3.8) is 0 Å². The van der Waals surface area contributed by atoms with Gasteiger partial charge in [0, 0.05) is 37.0 Å². The van der Waals surface area contributed by atoms with Crippen LogP contribution in [0, 0.1) is 0 Å². The summed E-state index contributed by atoms with van der Waals surface area (Å²) in [5.41, 5.74) is 0.269. The molecule has 0 bridgehead atoms. The van der Waals surface area contributed by atoms with Gasteiger partial charge in [-0.05, 0) is 38.5 Å². The van der Waals surface area contributed by atoms with Crippen LogP contribution in [0.2, 0.25) is 5.02 Å². The lowest BCUT2D eigenvalue weighted by Gasteiger charge is -2.32. The molecule has 0 saturated carbocycles. The van der Waals surface area contributed by atoms with Crippen molar-refractivity contribution in [2.45, 2.75) is 37.8 Å². The van der Waals surface area contributed by atoms with Gasteiger partial charge in [-0.25, -0.2) is 4.79 Å². The third kappa shape index (κ3) is 6.26. The van der Waals surface area contributed by atoms with Gasteiger partial charge in [-0.3, -0.25) is 14.6 Å². The maximum atomic E-state index is 13.0. The molecule has 2 unspecified atom stereocenters. The summed E-state index contributed by atoms with van der Waals surface area (Å²) in [4.78, 5) is 29.8. The maximum Gasteiger partial charge on any atom is 0.412 e. The van der Waals surface area contributed by atoms with Gasteiger partial charge >= 0.3 is 6.09 Å². The van der Waals surface area contributed by atoms with Crippen LogP contribution in [0.4, 0.5) is 4.79 Å². The molecule has 2 saturated heterocycles. The molecule has 1 aromatic carbocycles. The highest BCUT2D eigenvalue weighted by Crippen LogP contribution is 2.42. The molecule has 2 heterocycles. The minimum atomic E-state index is -0.647. The Morgan fingerprint density at radius 1 is 1.23 bits per heavy atom. The molecule has 0 aromatic heterocycles. The standard InChI is InChI=1S/C21H30ClN3O4S/c1-21(2,3)29-20(27)25-17(14-30-19(25)15-4-6-16(22)7-5-15)18(26)23-8-9-24-10-12-28-13-11-24/h4-7,17,19H,8-14H2,1-3H3,(H,23,26). The molecule has 30 heavy (non-hydrogen) atoms. The van der Waals surface area contributed by atoms with E-state index in [1.165, 1.54) is 0 Å². The molecule has 0 spiro atoms. The molecule has 2 amide bonds. The fourth-order valence-electron chi connectivity index (χ4n) is 3.41. The van der Waals surface area contributed by atoms with Crippen molar-refractivity contribution in [3.05, 3.63) is 34.9 Å². The zero-order chi connectivity index (χ0) is 21.7. The first-order chi connectivity index (χ1) is 14.2. The van der Waals surface area contributed by atoms with Crippen LogP contribution < -0.4 is 5.32 Å². The third-order valence-electron chi connectivity index (χ3n) is 4.89. The van der Waals surface area contributed by atoms with Gasteiger partial charge in [-0.15, -0.1) is 11.8 Å². The summed E-state index contributed by atoms with van der Waals surface area (Å²) in [6.07, 6.45) is -0.485. The number of amides is 2. The number of halogens is 1. The highest BCUT2D eigenvalue weighted by atomic mass is 35.5. The number of carbonyl (C=O) groups is 2. The van der Waals surface area contributed by atoms with Crippen LogP contribution in [-0.4, -0.2) is 78.6 Å². The Morgan fingerprint density at radius 3 is 2.53 bits per heavy atom. The van der Waals surface area contributed by atoms with Crippen LogP contribution in [0.5, 0.6) is 0 Å². The lowest BCUT2D eigenvalue weighted by atomic mass is 10.1. The predicted octanol–water partition coefficient (Wildman–Crippen LogP) is 3.14. The largest absolute Gasteiger partial charge is 0.444 e.